The third kappa shape index (κ3) is 6.27. The van der Waals surface area contributed by atoms with Crippen LogP contribution < -0.4 is 15.0 Å². The predicted molar refractivity (Wildman–Crippen MR) is 114 cm³/mol. The minimum Gasteiger partial charge on any atom is -0.494 e. The number of piperazine rings is 1. The lowest BCUT2D eigenvalue weighted by atomic mass is 10.1. The summed E-state index contributed by atoms with van der Waals surface area (Å²) in [4.78, 5) is 17.0. The average Bonchev–Trinajstić information content (AvgIpc) is 2.74. The molecule has 0 unspecified atom stereocenters. The van der Waals surface area contributed by atoms with Crippen molar-refractivity contribution in [3.05, 3.63) is 60.2 Å². The SMILES string of the molecule is CCOc1ccc(CC(=O)NCCCN2CCN(c3ccccc3)CC2)cc1. The number of nitrogens with zero attached hydrogens (tertiary/aromatic N) is 2. The summed E-state index contributed by atoms with van der Waals surface area (Å²) in [5, 5.41) is 3.04. The molecule has 2 aromatic carbocycles. The van der Waals surface area contributed by atoms with Crippen molar-refractivity contribution in [1.82, 2.24) is 10.2 Å². The minimum atomic E-state index is 0.0815. The molecule has 0 aromatic heterocycles. The molecule has 1 fully saturated rings. The van der Waals surface area contributed by atoms with E-state index in [0.29, 0.717) is 13.0 Å². The van der Waals surface area contributed by atoms with Crippen molar-refractivity contribution in [2.45, 2.75) is 19.8 Å². The average molecular weight is 382 g/mol. The minimum absolute atomic E-state index is 0.0815. The maximum atomic E-state index is 12.1. The standard InChI is InChI=1S/C23H31N3O2/c1-2-28-22-11-9-20(10-12-22)19-23(27)24-13-6-14-25-15-17-26(18-16-25)21-7-4-3-5-8-21/h3-5,7-12H,2,6,13-19H2,1H3,(H,24,27). The highest BCUT2D eigenvalue weighted by Crippen LogP contribution is 2.15. The molecule has 28 heavy (non-hydrogen) atoms. The third-order valence-corrected chi connectivity index (χ3v) is 5.07. The fourth-order valence-electron chi connectivity index (χ4n) is 3.52. The summed E-state index contributed by atoms with van der Waals surface area (Å²) in [6.07, 6.45) is 1.41. The van der Waals surface area contributed by atoms with Gasteiger partial charge in [0.05, 0.1) is 13.0 Å². The summed E-state index contributed by atoms with van der Waals surface area (Å²) >= 11 is 0. The molecular formula is C23H31N3O2. The van der Waals surface area contributed by atoms with Crippen LogP contribution in [0.25, 0.3) is 0 Å². The van der Waals surface area contributed by atoms with Gasteiger partial charge < -0.3 is 15.0 Å². The van der Waals surface area contributed by atoms with Crippen LogP contribution in [0, 0.1) is 0 Å². The summed E-state index contributed by atoms with van der Waals surface area (Å²) in [6.45, 7) is 8.67. The van der Waals surface area contributed by atoms with Crippen LogP contribution in [0.2, 0.25) is 0 Å². The van der Waals surface area contributed by atoms with Gasteiger partial charge in [0.15, 0.2) is 0 Å². The summed E-state index contributed by atoms with van der Waals surface area (Å²) in [7, 11) is 0. The Morgan fingerprint density at radius 3 is 2.39 bits per heavy atom. The first kappa shape index (κ1) is 20.2. The zero-order valence-electron chi connectivity index (χ0n) is 16.8. The molecule has 2 aromatic rings. The highest BCUT2D eigenvalue weighted by atomic mass is 16.5. The summed E-state index contributed by atoms with van der Waals surface area (Å²) < 4.78 is 5.43. The van der Waals surface area contributed by atoms with E-state index in [2.05, 4.69) is 45.4 Å². The number of rotatable bonds is 9. The molecule has 1 heterocycles. The molecule has 150 valence electrons. The molecule has 1 aliphatic rings. The molecule has 1 aliphatic heterocycles. The second-order valence-corrected chi connectivity index (χ2v) is 7.12. The Labute approximate surface area is 168 Å². The number of benzene rings is 2. The lowest BCUT2D eigenvalue weighted by Gasteiger charge is -2.36. The molecule has 0 bridgehead atoms. The number of hydrogen-bond donors (Lipinski definition) is 1. The Kier molecular flexibility index (Phi) is 7.73. The molecule has 1 amide bonds. The van der Waals surface area contributed by atoms with Crippen molar-refractivity contribution in [2.75, 3.05) is 50.8 Å². The molecule has 3 rings (SSSR count). The van der Waals surface area contributed by atoms with E-state index >= 15 is 0 Å². The fourth-order valence-corrected chi connectivity index (χ4v) is 3.52. The Hall–Kier alpha value is -2.53. The summed E-state index contributed by atoms with van der Waals surface area (Å²) in [5.41, 5.74) is 2.32. The number of ether oxygens (including phenoxy) is 1. The van der Waals surface area contributed by atoms with Crippen LogP contribution in [-0.2, 0) is 11.2 Å². The number of carbonyl (C=O) groups is 1. The zero-order valence-corrected chi connectivity index (χ0v) is 16.8. The Balaban J connectivity index is 1.29. The first-order valence-corrected chi connectivity index (χ1v) is 10.3. The van der Waals surface area contributed by atoms with Crippen LogP contribution in [0.5, 0.6) is 5.75 Å². The number of carbonyl (C=O) groups excluding carboxylic acids is 1. The maximum Gasteiger partial charge on any atom is 0.224 e. The van der Waals surface area contributed by atoms with E-state index in [1.54, 1.807) is 0 Å². The molecular weight excluding hydrogens is 350 g/mol. The van der Waals surface area contributed by atoms with Crippen molar-refractivity contribution >= 4 is 11.6 Å². The van der Waals surface area contributed by atoms with Crippen molar-refractivity contribution in [3.8, 4) is 5.75 Å². The van der Waals surface area contributed by atoms with E-state index in [4.69, 9.17) is 4.74 Å². The normalized spacial score (nSPS) is 14.7. The quantitative estimate of drug-likeness (QED) is 0.679. The second kappa shape index (κ2) is 10.7. The van der Waals surface area contributed by atoms with Crippen molar-refractivity contribution in [1.29, 1.82) is 0 Å². The van der Waals surface area contributed by atoms with E-state index in [0.717, 1.165) is 57.0 Å². The highest BCUT2D eigenvalue weighted by Gasteiger charge is 2.16. The number of para-hydroxylation sites is 1. The smallest absolute Gasteiger partial charge is 0.224 e. The van der Waals surface area contributed by atoms with Gasteiger partial charge in [-0.05, 0) is 49.7 Å². The summed E-state index contributed by atoms with van der Waals surface area (Å²) in [5.74, 6) is 0.928. The first-order chi connectivity index (χ1) is 13.7. The van der Waals surface area contributed by atoms with Crippen molar-refractivity contribution in [3.63, 3.8) is 0 Å². The van der Waals surface area contributed by atoms with Gasteiger partial charge in [-0.25, -0.2) is 0 Å². The van der Waals surface area contributed by atoms with Crippen LogP contribution in [0.4, 0.5) is 5.69 Å². The van der Waals surface area contributed by atoms with E-state index in [-0.39, 0.29) is 5.91 Å². The third-order valence-electron chi connectivity index (χ3n) is 5.07. The van der Waals surface area contributed by atoms with Crippen LogP contribution in [0.1, 0.15) is 18.9 Å². The molecule has 0 atom stereocenters. The van der Waals surface area contributed by atoms with E-state index in [9.17, 15) is 4.79 Å². The van der Waals surface area contributed by atoms with Crippen LogP contribution >= 0.6 is 0 Å². The van der Waals surface area contributed by atoms with E-state index in [1.165, 1.54) is 5.69 Å². The van der Waals surface area contributed by atoms with E-state index in [1.807, 2.05) is 31.2 Å². The Bertz CT molecular complexity index is 710. The van der Waals surface area contributed by atoms with Gasteiger partial charge in [-0.15, -0.1) is 0 Å². The van der Waals surface area contributed by atoms with Gasteiger partial charge in [0.2, 0.25) is 5.91 Å². The van der Waals surface area contributed by atoms with Crippen LogP contribution in [0.15, 0.2) is 54.6 Å². The molecule has 0 radical (unpaired) electrons. The zero-order chi connectivity index (χ0) is 19.6. The predicted octanol–water partition coefficient (Wildman–Crippen LogP) is 2.96. The van der Waals surface area contributed by atoms with Crippen LogP contribution in [-0.4, -0.2) is 56.7 Å². The van der Waals surface area contributed by atoms with Crippen LogP contribution in [0.3, 0.4) is 0 Å². The molecule has 5 nitrogen and oxygen atoms in total. The lowest BCUT2D eigenvalue weighted by Crippen LogP contribution is -2.47. The Morgan fingerprint density at radius 1 is 1.00 bits per heavy atom. The van der Waals surface area contributed by atoms with E-state index < -0.39 is 0 Å². The molecule has 0 aliphatic carbocycles. The van der Waals surface area contributed by atoms with Gasteiger partial charge in [-0.3, -0.25) is 9.69 Å². The summed E-state index contributed by atoms with van der Waals surface area (Å²) in [6, 6.07) is 18.3. The fraction of sp³-hybridized carbons (Fsp3) is 0.435. The molecule has 0 saturated carbocycles. The molecule has 5 heteroatoms. The first-order valence-electron chi connectivity index (χ1n) is 10.3. The second-order valence-electron chi connectivity index (χ2n) is 7.12. The number of amides is 1. The molecule has 0 spiro atoms. The van der Waals surface area contributed by atoms with Gasteiger partial charge in [0, 0.05) is 38.4 Å². The Morgan fingerprint density at radius 2 is 1.71 bits per heavy atom. The highest BCUT2D eigenvalue weighted by molar-refractivity contribution is 5.78. The van der Waals surface area contributed by atoms with Gasteiger partial charge in [-0.2, -0.15) is 0 Å². The monoisotopic (exact) mass is 381 g/mol. The number of nitrogens with one attached hydrogen (secondary N) is 1. The number of hydrogen-bond acceptors (Lipinski definition) is 4. The van der Waals surface area contributed by atoms with Gasteiger partial charge in [-0.1, -0.05) is 30.3 Å². The topological polar surface area (TPSA) is 44.8 Å². The maximum absolute atomic E-state index is 12.1. The van der Waals surface area contributed by atoms with Gasteiger partial charge >= 0.3 is 0 Å². The molecule has 1 saturated heterocycles. The molecule has 1 N–H and O–H groups in total. The van der Waals surface area contributed by atoms with Gasteiger partial charge in [0.1, 0.15) is 5.75 Å². The van der Waals surface area contributed by atoms with Gasteiger partial charge in [0.25, 0.3) is 0 Å². The van der Waals surface area contributed by atoms with Crippen molar-refractivity contribution < 1.29 is 9.53 Å². The number of anilines is 1. The van der Waals surface area contributed by atoms with Crippen molar-refractivity contribution in [2.24, 2.45) is 0 Å². The largest absolute Gasteiger partial charge is 0.494 e. The lowest BCUT2D eigenvalue weighted by molar-refractivity contribution is -0.120.